The summed E-state index contributed by atoms with van der Waals surface area (Å²) in [5.41, 5.74) is 2.54. The van der Waals surface area contributed by atoms with Gasteiger partial charge in [-0.15, -0.1) is 0 Å². The molecule has 2 atom stereocenters. The maximum atomic E-state index is 13.6. The Bertz CT molecular complexity index is 556. The Kier molecular flexibility index (Phi) is 4.88. The van der Waals surface area contributed by atoms with Gasteiger partial charge in [0.1, 0.15) is 5.82 Å². The molecule has 2 nitrogen and oxygen atoms in total. The van der Waals surface area contributed by atoms with Crippen molar-refractivity contribution < 1.29 is 9.50 Å². The molecule has 0 amide bonds. The minimum atomic E-state index is -0.198. The maximum Gasteiger partial charge on any atom is 0.126 e. The number of hydrogen-bond donors (Lipinski definition) is 2. The summed E-state index contributed by atoms with van der Waals surface area (Å²) >= 11 is 0. The molecule has 0 fully saturated rings. The first kappa shape index (κ1) is 14.7. The Morgan fingerprint density at radius 2 is 1.80 bits per heavy atom. The van der Waals surface area contributed by atoms with Crippen molar-refractivity contribution in [2.24, 2.45) is 0 Å². The van der Waals surface area contributed by atoms with Crippen LogP contribution in [0.4, 0.5) is 4.39 Å². The van der Waals surface area contributed by atoms with Crippen LogP contribution in [0.25, 0.3) is 0 Å². The SMILES string of the molecule is Cc1ccc(C(C)N[C@@H](CO)c2ccccc2)cc1F. The average molecular weight is 273 g/mol. The van der Waals surface area contributed by atoms with E-state index in [2.05, 4.69) is 5.32 Å². The van der Waals surface area contributed by atoms with Crippen LogP contribution in [0.15, 0.2) is 48.5 Å². The summed E-state index contributed by atoms with van der Waals surface area (Å²) < 4.78 is 13.6. The zero-order valence-electron chi connectivity index (χ0n) is 11.8. The second kappa shape index (κ2) is 6.64. The number of rotatable bonds is 5. The Morgan fingerprint density at radius 1 is 1.10 bits per heavy atom. The van der Waals surface area contributed by atoms with Crippen LogP contribution in [0.5, 0.6) is 0 Å². The first-order chi connectivity index (χ1) is 9.61. The van der Waals surface area contributed by atoms with Crippen molar-refractivity contribution in [3.63, 3.8) is 0 Å². The number of aliphatic hydroxyl groups excluding tert-OH is 1. The highest BCUT2D eigenvalue weighted by Gasteiger charge is 2.15. The van der Waals surface area contributed by atoms with Crippen molar-refractivity contribution in [1.29, 1.82) is 0 Å². The van der Waals surface area contributed by atoms with Crippen LogP contribution in [0.1, 0.15) is 35.7 Å². The van der Waals surface area contributed by atoms with E-state index in [-0.39, 0.29) is 24.5 Å². The standard InChI is InChI=1S/C17H20FNO/c1-12-8-9-15(10-16(12)18)13(2)19-17(11-20)14-6-4-3-5-7-14/h3-10,13,17,19-20H,11H2,1-2H3/t13?,17-/m0/s1. The molecule has 1 unspecified atom stereocenters. The normalized spacial score (nSPS) is 14.0. The van der Waals surface area contributed by atoms with Crippen molar-refractivity contribution in [1.82, 2.24) is 5.32 Å². The minimum absolute atomic E-state index is 0.00268. The molecule has 20 heavy (non-hydrogen) atoms. The molecule has 0 heterocycles. The van der Waals surface area contributed by atoms with E-state index in [1.165, 1.54) is 0 Å². The Labute approximate surface area is 119 Å². The van der Waals surface area contributed by atoms with E-state index in [1.807, 2.05) is 43.3 Å². The van der Waals surface area contributed by atoms with E-state index < -0.39 is 0 Å². The van der Waals surface area contributed by atoms with Gasteiger partial charge >= 0.3 is 0 Å². The molecule has 2 aromatic rings. The van der Waals surface area contributed by atoms with E-state index in [4.69, 9.17) is 0 Å². The molecular formula is C17H20FNO. The number of aryl methyl sites for hydroxylation is 1. The fourth-order valence-electron chi connectivity index (χ4n) is 2.22. The molecule has 0 aliphatic rings. The van der Waals surface area contributed by atoms with Crippen LogP contribution in [0.3, 0.4) is 0 Å². The maximum absolute atomic E-state index is 13.6. The molecule has 0 saturated carbocycles. The van der Waals surface area contributed by atoms with Gasteiger partial charge < -0.3 is 10.4 Å². The molecule has 2 rings (SSSR count). The van der Waals surface area contributed by atoms with Gasteiger partial charge in [0.05, 0.1) is 12.6 Å². The first-order valence-corrected chi connectivity index (χ1v) is 6.79. The molecule has 0 aromatic heterocycles. The van der Waals surface area contributed by atoms with Gasteiger partial charge in [0.2, 0.25) is 0 Å². The lowest BCUT2D eigenvalue weighted by Gasteiger charge is -2.22. The van der Waals surface area contributed by atoms with E-state index in [0.29, 0.717) is 5.56 Å². The van der Waals surface area contributed by atoms with Gasteiger partial charge in [-0.05, 0) is 36.6 Å². The van der Waals surface area contributed by atoms with E-state index >= 15 is 0 Å². The lowest BCUT2D eigenvalue weighted by Crippen LogP contribution is -2.27. The third-order valence-corrected chi connectivity index (χ3v) is 3.53. The zero-order valence-corrected chi connectivity index (χ0v) is 11.8. The predicted octanol–water partition coefficient (Wildman–Crippen LogP) is 3.52. The topological polar surface area (TPSA) is 32.3 Å². The molecule has 2 N–H and O–H groups in total. The van der Waals surface area contributed by atoms with Gasteiger partial charge in [0.25, 0.3) is 0 Å². The molecule has 0 aliphatic heterocycles. The lowest BCUT2D eigenvalue weighted by molar-refractivity contribution is 0.235. The van der Waals surface area contributed by atoms with Crippen molar-refractivity contribution in [3.8, 4) is 0 Å². The first-order valence-electron chi connectivity index (χ1n) is 6.79. The zero-order chi connectivity index (χ0) is 14.5. The fourth-order valence-corrected chi connectivity index (χ4v) is 2.22. The summed E-state index contributed by atoms with van der Waals surface area (Å²) in [4.78, 5) is 0. The highest BCUT2D eigenvalue weighted by molar-refractivity contribution is 5.26. The van der Waals surface area contributed by atoms with Crippen LogP contribution in [-0.2, 0) is 0 Å². The molecule has 0 spiro atoms. The molecule has 2 aromatic carbocycles. The average Bonchev–Trinajstić information content (AvgIpc) is 2.48. The Balaban J connectivity index is 2.13. The van der Waals surface area contributed by atoms with Crippen LogP contribution >= 0.6 is 0 Å². The summed E-state index contributed by atoms with van der Waals surface area (Å²) in [7, 11) is 0. The number of hydrogen-bond acceptors (Lipinski definition) is 2. The Hall–Kier alpha value is -1.71. The van der Waals surface area contributed by atoms with Gasteiger partial charge in [0.15, 0.2) is 0 Å². The van der Waals surface area contributed by atoms with E-state index in [0.717, 1.165) is 11.1 Å². The third-order valence-electron chi connectivity index (χ3n) is 3.53. The monoisotopic (exact) mass is 273 g/mol. The predicted molar refractivity (Wildman–Crippen MR) is 79.0 cm³/mol. The van der Waals surface area contributed by atoms with Crippen LogP contribution in [-0.4, -0.2) is 11.7 Å². The summed E-state index contributed by atoms with van der Waals surface area (Å²) in [5.74, 6) is -0.198. The summed E-state index contributed by atoms with van der Waals surface area (Å²) in [6, 6.07) is 14.8. The summed E-state index contributed by atoms with van der Waals surface area (Å²) in [6.07, 6.45) is 0. The van der Waals surface area contributed by atoms with Crippen LogP contribution < -0.4 is 5.32 Å². The van der Waals surface area contributed by atoms with Crippen LogP contribution in [0, 0.1) is 12.7 Å². The highest BCUT2D eigenvalue weighted by Crippen LogP contribution is 2.21. The van der Waals surface area contributed by atoms with E-state index in [1.54, 1.807) is 19.1 Å². The molecule has 0 saturated heterocycles. The van der Waals surface area contributed by atoms with Crippen molar-refractivity contribution in [2.45, 2.75) is 25.9 Å². The molecule has 106 valence electrons. The third kappa shape index (κ3) is 3.44. The molecule has 0 aliphatic carbocycles. The lowest BCUT2D eigenvalue weighted by atomic mass is 10.0. The van der Waals surface area contributed by atoms with Crippen molar-refractivity contribution in [3.05, 3.63) is 71.0 Å². The second-order valence-corrected chi connectivity index (χ2v) is 5.04. The van der Waals surface area contributed by atoms with Crippen molar-refractivity contribution in [2.75, 3.05) is 6.61 Å². The molecule has 0 radical (unpaired) electrons. The summed E-state index contributed by atoms with van der Waals surface area (Å²) in [5, 5.41) is 12.9. The van der Waals surface area contributed by atoms with Gasteiger partial charge in [-0.2, -0.15) is 0 Å². The quantitative estimate of drug-likeness (QED) is 0.873. The van der Waals surface area contributed by atoms with Gasteiger partial charge in [-0.1, -0.05) is 42.5 Å². The number of aliphatic hydroxyl groups is 1. The second-order valence-electron chi connectivity index (χ2n) is 5.04. The van der Waals surface area contributed by atoms with Crippen molar-refractivity contribution >= 4 is 0 Å². The van der Waals surface area contributed by atoms with E-state index in [9.17, 15) is 9.50 Å². The fraction of sp³-hybridized carbons (Fsp3) is 0.294. The highest BCUT2D eigenvalue weighted by atomic mass is 19.1. The molecular weight excluding hydrogens is 253 g/mol. The smallest absolute Gasteiger partial charge is 0.126 e. The summed E-state index contributed by atoms with van der Waals surface area (Å²) in [6.45, 7) is 3.72. The number of benzene rings is 2. The van der Waals surface area contributed by atoms with Gasteiger partial charge in [-0.25, -0.2) is 4.39 Å². The molecule has 0 bridgehead atoms. The van der Waals surface area contributed by atoms with Gasteiger partial charge in [0, 0.05) is 6.04 Å². The minimum Gasteiger partial charge on any atom is -0.394 e. The number of halogens is 1. The largest absolute Gasteiger partial charge is 0.394 e. The molecule has 3 heteroatoms. The van der Waals surface area contributed by atoms with Crippen LogP contribution in [0.2, 0.25) is 0 Å². The van der Waals surface area contributed by atoms with Gasteiger partial charge in [-0.3, -0.25) is 0 Å². The number of nitrogens with one attached hydrogen (secondary N) is 1. The Morgan fingerprint density at radius 3 is 2.40 bits per heavy atom.